The van der Waals surface area contributed by atoms with Crippen LogP contribution in [0.15, 0.2) is 65.7 Å². The summed E-state index contributed by atoms with van der Waals surface area (Å²) in [4.78, 5) is 30.7. The van der Waals surface area contributed by atoms with Gasteiger partial charge >= 0.3 is 0 Å². The monoisotopic (exact) mass is 456 g/mol. The summed E-state index contributed by atoms with van der Waals surface area (Å²) in [5, 5.41) is 2.75. The van der Waals surface area contributed by atoms with Crippen LogP contribution >= 0.6 is 15.9 Å². The van der Waals surface area contributed by atoms with Crippen molar-refractivity contribution >= 4 is 33.4 Å². The molecule has 1 aliphatic rings. The second-order valence-corrected chi connectivity index (χ2v) is 7.70. The molecule has 1 saturated heterocycles. The first kappa shape index (κ1) is 19.3. The zero-order chi connectivity index (χ0) is 20.4. The number of halogens is 2. The Morgan fingerprint density at radius 1 is 1.28 bits per heavy atom. The summed E-state index contributed by atoms with van der Waals surface area (Å²) in [6.07, 6.45) is 5.19. The topological polar surface area (TPSA) is 67.2 Å². The van der Waals surface area contributed by atoms with Crippen molar-refractivity contribution < 1.29 is 14.0 Å². The minimum atomic E-state index is -0.732. The van der Waals surface area contributed by atoms with Crippen LogP contribution in [0.5, 0.6) is 0 Å². The molecule has 6 nitrogen and oxygen atoms in total. The summed E-state index contributed by atoms with van der Waals surface area (Å²) < 4.78 is 16.8. The number of hydrogen-bond donors (Lipinski definition) is 1. The Kier molecular flexibility index (Phi) is 5.44. The highest BCUT2D eigenvalue weighted by Crippen LogP contribution is 2.27. The first-order chi connectivity index (χ1) is 14.0. The smallest absolute Gasteiger partial charge is 0.239 e. The molecule has 1 unspecified atom stereocenters. The van der Waals surface area contributed by atoms with E-state index in [0.717, 1.165) is 10.2 Å². The standard InChI is InChI=1S/C21H18BrFN4O2/c22-15-2-1-3-16(11-15)27-8-6-17(21(27)29)20(28)25-12-14-4-5-19(18(23)10-14)26-9-7-24-13-26/h1-5,7,9-11,13,17H,6,8,12H2,(H,25,28). The van der Waals surface area contributed by atoms with Gasteiger partial charge in [-0.1, -0.05) is 28.1 Å². The molecular formula is C21H18BrFN4O2. The van der Waals surface area contributed by atoms with E-state index >= 15 is 0 Å². The molecule has 1 fully saturated rings. The molecule has 2 aromatic carbocycles. The fourth-order valence-electron chi connectivity index (χ4n) is 3.41. The lowest BCUT2D eigenvalue weighted by Crippen LogP contribution is -2.36. The van der Waals surface area contributed by atoms with Crippen molar-refractivity contribution in [3.8, 4) is 5.69 Å². The molecule has 148 valence electrons. The van der Waals surface area contributed by atoms with E-state index in [1.807, 2.05) is 24.3 Å². The van der Waals surface area contributed by atoms with Crippen LogP contribution in [-0.2, 0) is 16.1 Å². The van der Waals surface area contributed by atoms with Gasteiger partial charge in [0.05, 0.1) is 12.0 Å². The van der Waals surface area contributed by atoms with Crippen LogP contribution in [0.25, 0.3) is 5.69 Å². The number of nitrogens with zero attached hydrogens (tertiary/aromatic N) is 3. The lowest BCUT2D eigenvalue weighted by molar-refractivity contribution is -0.132. The molecule has 0 spiro atoms. The number of nitrogens with one attached hydrogen (secondary N) is 1. The van der Waals surface area contributed by atoms with Gasteiger partial charge in [-0.25, -0.2) is 9.37 Å². The Morgan fingerprint density at radius 3 is 2.86 bits per heavy atom. The number of hydrogen-bond acceptors (Lipinski definition) is 3. The Bertz CT molecular complexity index is 1050. The van der Waals surface area contributed by atoms with Gasteiger partial charge in [-0.05, 0) is 42.3 Å². The summed E-state index contributed by atoms with van der Waals surface area (Å²) in [6, 6.07) is 12.2. The Balaban J connectivity index is 1.39. The lowest BCUT2D eigenvalue weighted by atomic mass is 10.1. The highest BCUT2D eigenvalue weighted by molar-refractivity contribution is 9.10. The van der Waals surface area contributed by atoms with Gasteiger partial charge in [-0.15, -0.1) is 0 Å². The number of rotatable bonds is 5. The van der Waals surface area contributed by atoms with Gasteiger partial charge in [0.1, 0.15) is 11.7 Å². The van der Waals surface area contributed by atoms with Crippen molar-refractivity contribution in [1.29, 1.82) is 0 Å². The van der Waals surface area contributed by atoms with Gasteiger partial charge in [0.15, 0.2) is 0 Å². The molecule has 0 bridgehead atoms. The molecule has 1 N–H and O–H groups in total. The van der Waals surface area contributed by atoms with Crippen molar-refractivity contribution in [2.45, 2.75) is 13.0 Å². The molecule has 0 saturated carbocycles. The van der Waals surface area contributed by atoms with Crippen LogP contribution in [0, 0.1) is 11.7 Å². The molecule has 2 heterocycles. The van der Waals surface area contributed by atoms with Crippen LogP contribution in [0.3, 0.4) is 0 Å². The molecule has 3 aromatic rings. The summed E-state index contributed by atoms with van der Waals surface area (Å²) in [6.45, 7) is 0.641. The SMILES string of the molecule is O=C(NCc1ccc(-n2ccnc2)c(F)c1)C1CCN(c2cccc(Br)c2)C1=O. The molecule has 0 aliphatic carbocycles. The number of carbonyl (C=O) groups excluding carboxylic acids is 2. The quantitative estimate of drug-likeness (QED) is 0.597. The molecule has 1 aromatic heterocycles. The van der Waals surface area contributed by atoms with Gasteiger partial charge in [0.2, 0.25) is 11.8 Å². The Labute approximate surface area is 175 Å². The molecule has 4 rings (SSSR count). The van der Waals surface area contributed by atoms with E-state index in [0.29, 0.717) is 24.2 Å². The summed E-state index contributed by atoms with van der Waals surface area (Å²) in [5.41, 5.74) is 1.76. The average molecular weight is 457 g/mol. The minimum absolute atomic E-state index is 0.153. The van der Waals surface area contributed by atoms with Crippen LogP contribution in [0.2, 0.25) is 0 Å². The fourth-order valence-corrected chi connectivity index (χ4v) is 3.79. The van der Waals surface area contributed by atoms with Crippen LogP contribution in [0.1, 0.15) is 12.0 Å². The minimum Gasteiger partial charge on any atom is -0.351 e. The van der Waals surface area contributed by atoms with Crippen LogP contribution < -0.4 is 10.2 Å². The van der Waals surface area contributed by atoms with E-state index in [4.69, 9.17) is 0 Å². The van der Waals surface area contributed by atoms with Crippen LogP contribution in [0.4, 0.5) is 10.1 Å². The van der Waals surface area contributed by atoms with Gasteiger partial charge in [-0.3, -0.25) is 9.59 Å². The maximum atomic E-state index is 14.3. The molecule has 1 atom stereocenters. The largest absolute Gasteiger partial charge is 0.351 e. The van der Waals surface area contributed by atoms with E-state index in [1.54, 1.807) is 34.0 Å². The van der Waals surface area contributed by atoms with Crippen molar-refractivity contribution in [2.75, 3.05) is 11.4 Å². The zero-order valence-electron chi connectivity index (χ0n) is 15.4. The van der Waals surface area contributed by atoms with Crippen LogP contribution in [-0.4, -0.2) is 27.9 Å². The lowest BCUT2D eigenvalue weighted by Gasteiger charge is -2.17. The fraction of sp³-hybridized carbons (Fsp3) is 0.190. The van der Waals surface area contributed by atoms with Crippen molar-refractivity contribution in [1.82, 2.24) is 14.9 Å². The molecule has 1 aliphatic heterocycles. The molecule has 0 radical (unpaired) electrons. The third-order valence-electron chi connectivity index (χ3n) is 4.90. The zero-order valence-corrected chi connectivity index (χ0v) is 17.0. The molecule has 2 amide bonds. The number of benzene rings is 2. The normalized spacial score (nSPS) is 16.3. The number of anilines is 1. The van der Waals surface area contributed by atoms with Crippen molar-refractivity contribution in [3.05, 3.63) is 77.0 Å². The second kappa shape index (κ2) is 8.16. The third-order valence-corrected chi connectivity index (χ3v) is 5.40. The van der Waals surface area contributed by atoms with Crippen molar-refractivity contribution in [3.63, 3.8) is 0 Å². The van der Waals surface area contributed by atoms with E-state index in [-0.39, 0.29) is 18.4 Å². The second-order valence-electron chi connectivity index (χ2n) is 6.78. The van der Waals surface area contributed by atoms with E-state index in [2.05, 4.69) is 26.2 Å². The summed E-state index contributed by atoms with van der Waals surface area (Å²) in [7, 11) is 0. The molecule has 29 heavy (non-hydrogen) atoms. The van der Waals surface area contributed by atoms with Crippen molar-refractivity contribution in [2.24, 2.45) is 5.92 Å². The third kappa shape index (κ3) is 4.07. The van der Waals surface area contributed by atoms with E-state index in [9.17, 15) is 14.0 Å². The summed E-state index contributed by atoms with van der Waals surface area (Å²) in [5.74, 6) is -1.70. The number of carbonyl (C=O) groups is 2. The Morgan fingerprint density at radius 2 is 2.14 bits per heavy atom. The van der Waals surface area contributed by atoms with E-state index in [1.165, 1.54) is 12.4 Å². The maximum Gasteiger partial charge on any atom is 0.239 e. The summed E-state index contributed by atoms with van der Waals surface area (Å²) >= 11 is 3.39. The van der Waals surface area contributed by atoms with Gasteiger partial charge in [0.25, 0.3) is 0 Å². The molecule has 8 heteroatoms. The highest BCUT2D eigenvalue weighted by Gasteiger charge is 2.37. The predicted octanol–water partition coefficient (Wildman–Crippen LogP) is 3.44. The maximum absolute atomic E-state index is 14.3. The van der Waals surface area contributed by atoms with E-state index < -0.39 is 11.7 Å². The molecular weight excluding hydrogens is 439 g/mol. The van der Waals surface area contributed by atoms with Gasteiger partial charge in [0, 0.05) is 35.6 Å². The number of imidazole rings is 1. The van der Waals surface area contributed by atoms with Gasteiger partial charge < -0.3 is 14.8 Å². The average Bonchev–Trinajstić information content (AvgIpc) is 3.36. The number of amides is 2. The first-order valence-electron chi connectivity index (χ1n) is 9.14. The predicted molar refractivity (Wildman–Crippen MR) is 110 cm³/mol. The van der Waals surface area contributed by atoms with Gasteiger partial charge in [-0.2, -0.15) is 0 Å². The Hall–Kier alpha value is -3.00. The number of aromatic nitrogens is 2. The highest BCUT2D eigenvalue weighted by atomic mass is 79.9. The first-order valence-corrected chi connectivity index (χ1v) is 9.93.